The molecule has 5 rings (SSSR count). The van der Waals surface area contributed by atoms with E-state index >= 15 is 0 Å². The fourth-order valence-electron chi connectivity index (χ4n) is 5.32. The third-order valence-electron chi connectivity index (χ3n) is 8.04. The third-order valence-corrected chi connectivity index (χ3v) is 8.04. The van der Waals surface area contributed by atoms with E-state index < -0.39 is 0 Å². The molecule has 2 amide bonds. The Hall–Kier alpha value is -3.75. The minimum Gasteiger partial charge on any atom is -0.367 e. The number of anilines is 2. The van der Waals surface area contributed by atoms with Crippen molar-refractivity contribution in [3.05, 3.63) is 78.1 Å². The Labute approximate surface area is 237 Å². The van der Waals surface area contributed by atoms with Gasteiger partial charge in [-0.05, 0) is 79.9 Å². The summed E-state index contributed by atoms with van der Waals surface area (Å²) in [5.74, 6) is 0.186. The minimum absolute atomic E-state index is 0.0514. The number of carbonyl (C=O) groups is 2. The van der Waals surface area contributed by atoms with Gasteiger partial charge in [0.25, 0.3) is 5.91 Å². The van der Waals surface area contributed by atoms with Crippen LogP contribution in [0.1, 0.15) is 41.6 Å². The molecule has 0 unspecified atom stereocenters. The van der Waals surface area contributed by atoms with E-state index in [1.165, 1.54) is 0 Å². The molecule has 1 saturated heterocycles. The number of nitrogens with one attached hydrogen (secondary N) is 1. The topological polar surface area (TPSA) is 94.8 Å². The van der Waals surface area contributed by atoms with Crippen LogP contribution in [-0.2, 0) is 11.3 Å². The first kappa shape index (κ1) is 27.8. The number of nitrogens with two attached hydrogens (primary N) is 1. The van der Waals surface area contributed by atoms with E-state index in [4.69, 9.17) is 5.73 Å². The molecule has 0 atom stereocenters. The molecule has 0 bridgehead atoms. The van der Waals surface area contributed by atoms with Gasteiger partial charge >= 0.3 is 0 Å². The molecule has 2 heterocycles. The summed E-state index contributed by atoms with van der Waals surface area (Å²) < 4.78 is 0. The number of nitrogens with zero attached hydrogens (tertiary/aromatic N) is 4. The maximum atomic E-state index is 13.2. The lowest BCUT2D eigenvalue weighted by Crippen LogP contribution is -2.44. The first-order chi connectivity index (χ1) is 19.5. The number of pyridine rings is 1. The predicted octanol–water partition coefficient (Wildman–Crippen LogP) is 4.23. The second-order valence-electron chi connectivity index (χ2n) is 11.0. The summed E-state index contributed by atoms with van der Waals surface area (Å²) in [6.45, 7) is 5.43. The molecule has 2 aromatic carbocycles. The molecule has 2 fully saturated rings. The second kappa shape index (κ2) is 13.1. The minimum atomic E-state index is -0.0514. The van der Waals surface area contributed by atoms with Crippen LogP contribution in [0.2, 0.25) is 0 Å². The van der Waals surface area contributed by atoms with E-state index in [1.54, 1.807) is 24.5 Å². The number of rotatable bonds is 10. The van der Waals surface area contributed by atoms with Crippen molar-refractivity contribution in [1.82, 2.24) is 14.8 Å². The number of benzene rings is 2. The first-order valence-electron chi connectivity index (χ1n) is 14.4. The average molecular weight is 541 g/mol. The van der Waals surface area contributed by atoms with Gasteiger partial charge in [0.1, 0.15) is 0 Å². The Morgan fingerprint density at radius 1 is 1.02 bits per heavy atom. The summed E-state index contributed by atoms with van der Waals surface area (Å²) in [7, 11) is 2.15. The summed E-state index contributed by atoms with van der Waals surface area (Å²) in [4.78, 5) is 36.9. The molecule has 210 valence electrons. The second-order valence-corrected chi connectivity index (χ2v) is 11.0. The fourth-order valence-corrected chi connectivity index (χ4v) is 5.32. The Morgan fingerprint density at radius 2 is 1.82 bits per heavy atom. The third kappa shape index (κ3) is 6.69. The zero-order valence-corrected chi connectivity index (χ0v) is 23.4. The lowest BCUT2D eigenvalue weighted by atomic mass is 9.85. The maximum absolute atomic E-state index is 13.2. The van der Waals surface area contributed by atoms with Gasteiger partial charge in [-0.3, -0.25) is 14.6 Å². The quantitative estimate of drug-likeness (QED) is 0.400. The number of hydrogen-bond acceptors (Lipinski definition) is 6. The molecule has 1 aliphatic carbocycles. The summed E-state index contributed by atoms with van der Waals surface area (Å²) >= 11 is 0. The SMILES string of the molecule is CN1CCN(c2ccc(-c3cccc(CN(CCCN)C(=O)c4cccnc4)c3)cc2NC(=O)C2CCC2)CC1. The highest BCUT2D eigenvalue weighted by molar-refractivity contribution is 5.97. The molecular weight excluding hydrogens is 500 g/mol. The summed E-state index contributed by atoms with van der Waals surface area (Å²) in [6, 6.07) is 18.3. The number of likely N-dealkylation sites (N-methyl/N-ethyl adjacent to an activating group) is 1. The van der Waals surface area contributed by atoms with Crippen LogP contribution in [-0.4, -0.2) is 72.9 Å². The van der Waals surface area contributed by atoms with Gasteiger partial charge in [-0.25, -0.2) is 0 Å². The standard InChI is InChI=1S/C32H40N6O2/c1-36-16-18-37(19-17-36)30-12-11-27(21-29(30)35-31(39)25-7-3-8-25)26-9-2-6-24(20-26)23-38(15-5-13-33)32(40)28-10-4-14-34-22-28/h2,4,6,9-12,14,20-22,25H,3,5,7-8,13,15-19,23,33H2,1H3,(H,35,39). The van der Waals surface area contributed by atoms with Crippen molar-refractivity contribution in [1.29, 1.82) is 0 Å². The van der Waals surface area contributed by atoms with Crippen LogP contribution in [0.15, 0.2) is 67.0 Å². The van der Waals surface area contributed by atoms with Crippen molar-refractivity contribution in [2.24, 2.45) is 11.7 Å². The van der Waals surface area contributed by atoms with Crippen molar-refractivity contribution in [2.45, 2.75) is 32.2 Å². The summed E-state index contributed by atoms with van der Waals surface area (Å²) in [6.07, 6.45) is 7.06. The molecule has 40 heavy (non-hydrogen) atoms. The van der Waals surface area contributed by atoms with Crippen LogP contribution in [0.5, 0.6) is 0 Å². The van der Waals surface area contributed by atoms with Crippen LogP contribution >= 0.6 is 0 Å². The maximum Gasteiger partial charge on any atom is 0.255 e. The monoisotopic (exact) mass is 540 g/mol. The molecule has 8 nitrogen and oxygen atoms in total. The van der Waals surface area contributed by atoms with Gasteiger partial charge in [0.15, 0.2) is 0 Å². The van der Waals surface area contributed by atoms with E-state index in [2.05, 4.69) is 57.5 Å². The van der Waals surface area contributed by atoms with Gasteiger partial charge in [-0.2, -0.15) is 0 Å². The van der Waals surface area contributed by atoms with Gasteiger partial charge in [0.2, 0.25) is 5.91 Å². The van der Waals surface area contributed by atoms with Gasteiger partial charge in [0.05, 0.1) is 16.9 Å². The summed E-state index contributed by atoms with van der Waals surface area (Å²) in [5, 5.41) is 3.27. The Balaban J connectivity index is 1.40. The average Bonchev–Trinajstić information content (AvgIpc) is 2.95. The normalized spacial score (nSPS) is 15.9. The van der Waals surface area contributed by atoms with Crippen molar-refractivity contribution in [3.8, 4) is 11.1 Å². The number of hydrogen-bond donors (Lipinski definition) is 2. The van der Waals surface area contributed by atoms with E-state index in [-0.39, 0.29) is 17.7 Å². The van der Waals surface area contributed by atoms with E-state index in [1.807, 2.05) is 17.0 Å². The lowest BCUT2D eigenvalue weighted by Gasteiger charge is -2.35. The lowest BCUT2D eigenvalue weighted by molar-refractivity contribution is -0.122. The van der Waals surface area contributed by atoms with Crippen molar-refractivity contribution < 1.29 is 9.59 Å². The molecule has 0 radical (unpaired) electrons. The molecule has 8 heteroatoms. The van der Waals surface area contributed by atoms with Crippen LogP contribution in [0.3, 0.4) is 0 Å². The number of amides is 2. The highest BCUT2D eigenvalue weighted by Crippen LogP contribution is 2.35. The van der Waals surface area contributed by atoms with Gasteiger partial charge in [-0.1, -0.05) is 30.7 Å². The smallest absolute Gasteiger partial charge is 0.255 e. The zero-order chi connectivity index (χ0) is 27.9. The molecular formula is C32H40N6O2. The zero-order valence-electron chi connectivity index (χ0n) is 23.4. The van der Waals surface area contributed by atoms with Crippen molar-refractivity contribution in [2.75, 3.05) is 56.5 Å². The van der Waals surface area contributed by atoms with E-state index in [9.17, 15) is 9.59 Å². The highest BCUT2D eigenvalue weighted by atomic mass is 16.2. The van der Waals surface area contributed by atoms with E-state index in [0.717, 1.165) is 79.9 Å². The molecule has 2 aliphatic rings. The van der Waals surface area contributed by atoms with Gasteiger partial charge in [0, 0.05) is 57.6 Å². The molecule has 1 saturated carbocycles. The predicted molar refractivity (Wildman–Crippen MR) is 160 cm³/mol. The van der Waals surface area contributed by atoms with Crippen LogP contribution < -0.4 is 16.0 Å². The number of aromatic nitrogens is 1. The number of carbonyl (C=O) groups excluding carboxylic acids is 2. The first-order valence-corrected chi connectivity index (χ1v) is 14.4. The van der Waals surface area contributed by atoms with Gasteiger partial charge < -0.3 is 25.8 Å². The molecule has 1 aliphatic heterocycles. The highest BCUT2D eigenvalue weighted by Gasteiger charge is 2.27. The van der Waals surface area contributed by atoms with Gasteiger partial charge in [-0.15, -0.1) is 0 Å². The molecule has 0 spiro atoms. The molecule has 3 aromatic rings. The van der Waals surface area contributed by atoms with Crippen LogP contribution in [0.25, 0.3) is 11.1 Å². The van der Waals surface area contributed by atoms with Crippen molar-refractivity contribution >= 4 is 23.2 Å². The Bertz CT molecular complexity index is 1300. The van der Waals surface area contributed by atoms with Crippen LogP contribution in [0, 0.1) is 5.92 Å². The molecule has 3 N–H and O–H groups in total. The molecule has 1 aromatic heterocycles. The van der Waals surface area contributed by atoms with Crippen molar-refractivity contribution in [3.63, 3.8) is 0 Å². The van der Waals surface area contributed by atoms with Crippen LogP contribution in [0.4, 0.5) is 11.4 Å². The van der Waals surface area contributed by atoms with E-state index in [0.29, 0.717) is 25.2 Å². The number of piperazine rings is 1. The fraction of sp³-hybridized carbons (Fsp3) is 0.406. The Morgan fingerprint density at radius 3 is 2.52 bits per heavy atom. The Kier molecular flexibility index (Phi) is 9.08. The summed E-state index contributed by atoms with van der Waals surface area (Å²) in [5.41, 5.74) is 11.4. The largest absolute Gasteiger partial charge is 0.367 e.